The summed E-state index contributed by atoms with van der Waals surface area (Å²) in [6.45, 7) is 2.60. The number of hydrogen-bond donors (Lipinski definition) is 2. The predicted octanol–water partition coefficient (Wildman–Crippen LogP) is 0.739. The molecule has 2 rings (SSSR count). The fourth-order valence-corrected chi connectivity index (χ4v) is 2.04. The number of carbonyl (C=O) groups excluding carboxylic acids is 2. The highest BCUT2D eigenvalue weighted by atomic mass is 35.5. The third kappa shape index (κ3) is 5.00. The number of nitrogens with zero attached hydrogens (tertiary/aromatic N) is 1. The SMILES string of the molecule is CNCC(=O)Nc1cccc(C(=O)N2CCOCC2)c1.Cl. The Bertz CT molecular complexity index is 490. The van der Waals surface area contributed by atoms with Crippen molar-refractivity contribution in [1.29, 1.82) is 0 Å². The molecule has 0 unspecified atom stereocenters. The maximum absolute atomic E-state index is 12.3. The van der Waals surface area contributed by atoms with Crippen molar-refractivity contribution in [3.8, 4) is 0 Å². The lowest BCUT2D eigenvalue weighted by molar-refractivity contribution is -0.115. The quantitative estimate of drug-likeness (QED) is 0.860. The highest BCUT2D eigenvalue weighted by molar-refractivity contribution is 5.97. The second kappa shape index (κ2) is 8.61. The molecule has 6 nitrogen and oxygen atoms in total. The summed E-state index contributed by atoms with van der Waals surface area (Å²) in [5, 5.41) is 5.52. The van der Waals surface area contributed by atoms with Gasteiger partial charge in [0, 0.05) is 24.3 Å². The molecule has 116 valence electrons. The van der Waals surface area contributed by atoms with E-state index in [1.165, 1.54) is 0 Å². The van der Waals surface area contributed by atoms with Gasteiger partial charge in [-0.15, -0.1) is 12.4 Å². The number of morpholine rings is 1. The molecular formula is C14H20ClN3O3. The van der Waals surface area contributed by atoms with Gasteiger partial charge in [-0.1, -0.05) is 6.07 Å². The topological polar surface area (TPSA) is 70.7 Å². The van der Waals surface area contributed by atoms with Crippen molar-refractivity contribution in [2.75, 3.05) is 45.2 Å². The van der Waals surface area contributed by atoms with Crippen molar-refractivity contribution in [2.24, 2.45) is 0 Å². The summed E-state index contributed by atoms with van der Waals surface area (Å²) < 4.78 is 5.23. The third-order valence-electron chi connectivity index (χ3n) is 3.03. The van der Waals surface area contributed by atoms with Crippen molar-refractivity contribution in [3.63, 3.8) is 0 Å². The van der Waals surface area contributed by atoms with Crippen LogP contribution in [0.2, 0.25) is 0 Å². The zero-order chi connectivity index (χ0) is 14.4. The molecule has 0 aromatic heterocycles. The number of rotatable bonds is 4. The van der Waals surface area contributed by atoms with Crippen LogP contribution >= 0.6 is 12.4 Å². The number of amides is 2. The van der Waals surface area contributed by atoms with Gasteiger partial charge in [-0.05, 0) is 25.2 Å². The molecule has 2 amide bonds. The van der Waals surface area contributed by atoms with E-state index in [9.17, 15) is 9.59 Å². The van der Waals surface area contributed by atoms with Crippen LogP contribution in [0.1, 0.15) is 10.4 Å². The number of halogens is 1. The zero-order valence-electron chi connectivity index (χ0n) is 11.9. The first-order valence-electron chi connectivity index (χ1n) is 6.62. The van der Waals surface area contributed by atoms with E-state index in [4.69, 9.17) is 4.74 Å². The average Bonchev–Trinajstić information content (AvgIpc) is 2.48. The summed E-state index contributed by atoms with van der Waals surface area (Å²) in [6, 6.07) is 6.99. The van der Waals surface area contributed by atoms with Gasteiger partial charge >= 0.3 is 0 Å². The van der Waals surface area contributed by atoms with Crippen LogP contribution in [0.3, 0.4) is 0 Å². The third-order valence-corrected chi connectivity index (χ3v) is 3.03. The first-order valence-corrected chi connectivity index (χ1v) is 6.62. The summed E-state index contributed by atoms with van der Waals surface area (Å²) >= 11 is 0. The first-order chi connectivity index (χ1) is 9.70. The van der Waals surface area contributed by atoms with Crippen LogP contribution in [-0.2, 0) is 9.53 Å². The Kier molecular flexibility index (Phi) is 7.14. The number of likely N-dealkylation sites (N-methyl/N-ethyl adjacent to an activating group) is 1. The second-order valence-corrected chi connectivity index (χ2v) is 4.56. The Labute approximate surface area is 130 Å². The Hall–Kier alpha value is -1.63. The van der Waals surface area contributed by atoms with Gasteiger partial charge in [0.25, 0.3) is 5.91 Å². The van der Waals surface area contributed by atoms with Gasteiger partial charge in [-0.3, -0.25) is 9.59 Å². The van der Waals surface area contributed by atoms with Crippen LogP contribution in [-0.4, -0.2) is 56.6 Å². The Morgan fingerprint density at radius 2 is 2.00 bits per heavy atom. The van der Waals surface area contributed by atoms with E-state index in [-0.39, 0.29) is 30.8 Å². The molecule has 7 heteroatoms. The molecule has 0 bridgehead atoms. The fourth-order valence-electron chi connectivity index (χ4n) is 2.04. The monoisotopic (exact) mass is 313 g/mol. The normalized spacial score (nSPS) is 14.2. The Morgan fingerprint density at radius 3 is 2.67 bits per heavy atom. The van der Waals surface area contributed by atoms with Gasteiger partial charge in [0.05, 0.1) is 19.8 Å². The van der Waals surface area contributed by atoms with Crippen LogP contribution in [0.5, 0.6) is 0 Å². The van der Waals surface area contributed by atoms with E-state index < -0.39 is 0 Å². The average molecular weight is 314 g/mol. The molecule has 1 aromatic rings. The van der Waals surface area contributed by atoms with Crippen molar-refractivity contribution >= 4 is 29.9 Å². The van der Waals surface area contributed by atoms with E-state index in [1.807, 2.05) is 0 Å². The van der Waals surface area contributed by atoms with E-state index in [0.29, 0.717) is 37.6 Å². The largest absolute Gasteiger partial charge is 0.378 e. The Morgan fingerprint density at radius 1 is 1.29 bits per heavy atom. The molecule has 1 aromatic carbocycles. The smallest absolute Gasteiger partial charge is 0.254 e. The number of nitrogens with one attached hydrogen (secondary N) is 2. The van der Waals surface area contributed by atoms with Gasteiger partial charge in [0.15, 0.2) is 0 Å². The number of ether oxygens (including phenoxy) is 1. The lowest BCUT2D eigenvalue weighted by Crippen LogP contribution is -2.40. The predicted molar refractivity (Wildman–Crippen MR) is 83.0 cm³/mol. The van der Waals surface area contributed by atoms with Crippen LogP contribution in [0.4, 0.5) is 5.69 Å². The second-order valence-electron chi connectivity index (χ2n) is 4.56. The van der Waals surface area contributed by atoms with Gasteiger partial charge in [-0.25, -0.2) is 0 Å². The first kappa shape index (κ1) is 17.4. The number of carbonyl (C=O) groups is 2. The summed E-state index contributed by atoms with van der Waals surface area (Å²) in [5.74, 6) is -0.165. The minimum Gasteiger partial charge on any atom is -0.378 e. The van der Waals surface area contributed by atoms with Gasteiger partial charge in [0.1, 0.15) is 0 Å². The van der Waals surface area contributed by atoms with Crippen LogP contribution in [0.15, 0.2) is 24.3 Å². The van der Waals surface area contributed by atoms with Crippen LogP contribution in [0, 0.1) is 0 Å². The minimum atomic E-state index is -0.136. The van der Waals surface area contributed by atoms with Crippen LogP contribution in [0.25, 0.3) is 0 Å². The molecule has 21 heavy (non-hydrogen) atoms. The van der Waals surface area contributed by atoms with E-state index in [2.05, 4.69) is 10.6 Å². The van der Waals surface area contributed by atoms with Gasteiger partial charge in [0.2, 0.25) is 5.91 Å². The number of anilines is 1. The van der Waals surface area contributed by atoms with Crippen LogP contribution < -0.4 is 10.6 Å². The summed E-state index contributed by atoms with van der Waals surface area (Å²) in [6.07, 6.45) is 0. The van der Waals surface area contributed by atoms with Crippen molar-refractivity contribution in [3.05, 3.63) is 29.8 Å². The lowest BCUT2D eigenvalue weighted by atomic mass is 10.1. The molecule has 1 saturated heterocycles. The van der Waals surface area contributed by atoms with Crippen molar-refractivity contribution in [2.45, 2.75) is 0 Å². The molecule has 1 aliphatic heterocycles. The fraction of sp³-hybridized carbons (Fsp3) is 0.429. The summed E-state index contributed by atoms with van der Waals surface area (Å²) in [7, 11) is 1.71. The molecule has 1 heterocycles. The molecule has 0 saturated carbocycles. The van der Waals surface area contributed by atoms with Crippen molar-refractivity contribution < 1.29 is 14.3 Å². The molecule has 0 aliphatic carbocycles. The van der Waals surface area contributed by atoms with E-state index in [0.717, 1.165) is 0 Å². The summed E-state index contributed by atoms with van der Waals surface area (Å²) in [4.78, 5) is 25.6. The molecule has 1 aliphatic rings. The van der Waals surface area contributed by atoms with E-state index in [1.54, 1.807) is 36.2 Å². The number of benzene rings is 1. The van der Waals surface area contributed by atoms with Crippen molar-refractivity contribution in [1.82, 2.24) is 10.2 Å². The highest BCUT2D eigenvalue weighted by Gasteiger charge is 2.18. The van der Waals surface area contributed by atoms with E-state index >= 15 is 0 Å². The molecule has 1 fully saturated rings. The van der Waals surface area contributed by atoms with Gasteiger partial charge in [-0.2, -0.15) is 0 Å². The standard InChI is InChI=1S/C14H19N3O3.ClH/c1-15-10-13(18)16-12-4-2-3-11(9-12)14(19)17-5-7-20-8-6-17;/h2-4,9,15H,5-8,10H2,1H3,(H,16,18);1H. The lowest BCUT2D eigenvalue weighted by Gasteiger charge is -2.27. The zero-order valence-corrected chi connectivity index (χ0v) is 12.7. The molecule has 0 spiro atoms. The molecule has 0 atom stereocenters. The summed E-state index contributed by atoms with van der Waals surface area (Å²) in [5.41, 5.74) is 1.21. The molecule has 0 radical (unpaired) electrons. The molecular weight excluding hydrogens is 294 g/mol. The highest BCUT2D eigenvalue weighted by Crippen LogP contribution is 2.13. The van der Waals surface area contributed by atoms with Gasteiger partial charge < -0.3 is 20.3 Å². The molecule has 2 N–H and O–H groups in total. The maximum Gasteiger partial charge on any atom is 0.254 e. The Balaban J connectivity index is 0.00000220. The minimum absolute atomic E-state index is 0. The number of hydrogen-bond acceptors (Lipinski definition) is 4. The maximum atomic E-state index is 12.3.